The smallest absolute Gasteiger partial charge is 0.255 e. The zero-order valence-electron chi connectivity index (χ0n) is 11.8. The van der Waals surface area contributed by atoms with Crippen molar-refractivity contribution in [3.05, 3.63) is 35.1 Å². The molecule has 108 valence electrons. The molecule has 1 rings (SSSR count). The Morgan fingerprint density at radius 1 is 1.50 bits per heavy atom. The number of amides is 1. The van der Waals surface area contributed by atoms with Gasteiger partial charge in [0.2, 0.25) is 0 Å². The molecule has 0 saturated carbocycles. The molecular formula is C15H19FN2O2. The first-order valence-corrected chi connectivity index (χ1v) is 6.41. The molecule has 1 aromatic carbocycles. The molecule has 1 aromatic rings. The molecule has 2 N–H and O–H groups in total. The van der Waals surface area contributed by atoms with Crippen LogP contribution in [0.1, 0.15) is 22.8 Å². The summed E-state index contributed by atoms with van der Waals surface area (Å²) in [6, 6.07) is 3.96. The van der Waals surface area contributed by atoms with E-state index in [9.17, 15) is 9.18 Å². The Bertz CT molecular complexity index is 520. The predicted molar refractivity (Wildman–Crippen MR) is 75.8 cm³/mol. The standard InChI is InChI=1S/C15H19FN2O2/c1-3-20-10-9-18(2)15(19)14-11-13(16)7-6-12(14)5-4-8-17/h6-7,11H,3,8-10,17H2,1-2H3. The van der Waals surface area contributed by atoms with Gasteiger partial charge in [0.25, 0.3) is 5.91 Å². The predicted octanol–water partition coefficient (Wildman–Crippen LogP) is 1.24. The zero-order valence-corrected chi connectivity index (χ0v) is 11.8. The van der Waals surface area contributed by atoms with E-state index in [0.717, 1.165) is 0 Å². The molecule has 4 nitrogen and oxygen atoms in total. The molecule has 0 unspecified atom stereocenters. The summed E-state index contributed by atoms with van der Waals surface area (Å²) in [4.78, 5) is 13.8. The normalized spacial score (nSPS) is 9.80. The third-order valence-corrected chi connectivity index (χ3v) is 2.66. The van der Waals surface area contributed by atoms with Gasteiger partial charge in [-0.2, -0.15) is 0 Å². The molecule has 0 aromatic heterocycles. The summed E-state index contributed by atoms with van der Waals surface area (Å²) in [6.45, 7) is 3.54. The number of hydrogen-bond donors (Lipinski definition) is 1. The largest absolute Gasteiger partial charge is 0.380 e. The van der Waals surface area contributed by atoms with Crippen molar-refractivity contribution in [1.29, 1.82) is 0 Å². The Morgan fingerprint density at radius 3 is 2.90 bits per heavy atom. The molecule has 0 fully saturated rings. The second-order valence-electron chi connectivity index (χ2n) is 4.12. The first kappa shape index (κ1) is 16.2. The maximum absolute atomic E-state index is 13.3. The van der Waals surface area contributed by atoms with E-state index in [1.165, 1.54) is 23.1 Å². The molecule has 1 amide bonds. The van der Waals surface area contributed by atoms with Crippen LogP contribution in [-0.2, 0) is 4.74 Å². The molecule has 0 radical (unpaired) electrons. The van der Waals surface area contributed by atoms with E-state index in [4.69, 9.17) is 10.5 Å². The van der Waals surface area contributed by atoms with Crippen LogP contribution in [0.3, 0.4) is 0 Å². The van der Waals surface area contributed by atoms with Crippen molar-refractivity contribution < 1.29 is 13.9 Å². The minimum Gasteiger partial charge on any atom is -0.380 e. The van der Waals surface area contributed by atoms with E-state index in [1.54, 1.807) is 7.05 Å². The van der Waals surface area contributed by atoms with E-state index < -0.39 is 5.82 Å². The summed E-state index contributed by atoms with van der Waals surface area (Å²) < 4.78 is 18.5. The van der Waals surface area contributed by atoms with Gasteiger partial charge in [0.1, 0.15) is 5.82 Å². The molecule has 20 heavy (non-hydrogen) atoms. The Hall–Kier alpha value is -1.90. The molecule has 5 heteroatoms. The fourth-order valence-corrected chi connectivity index (χ4v) is 1.60. The van der Waals surface area contributed by atoms with Crippen LogP contribution in [0.5, 0.6) is 0 Å². The van der Waals surface area contributed by atoms with E-state index in [1.807, 2.05) is 6.92 Å². The number of hydrogen-bond acceptors (Lipinski definition) is 3. The van der Waals surface area contributed by atoms with Gasteiger partial charge in [0, 0.05) is 25.8 Å². The number of ether oxygens (including phenoxy) is 1. The van der Waals surface area contributed by atoms with Crippen LogP contribution in [0.25, 0.3) is 0 Å². The fourth-order valence-electron chi connectivity index (χ4n) is 1.60. The third kappa shape index (κ3) is 4.65. The Kier molecular flexibility index (Phi) is 6.71. The number of halogens is 1. The van der Waals surface area contributed by atoms with Crippen LogP contribution in [0.4, 0.5) is 4.39 Å². The monoisotopic (exact) mass is 278 g/mol. The van der Waals surface area contributed by atoms with Gasteiger partial charge in [0.15, 0.2) is 0 Å². The van der Waals surface area contributed by atoms with E-state index in [2.05, 4.69) is 11.8 Å². The molecule has 0 heterocycles. The van der Waals surface area contributed by atoms with Crippen molar-refractivity contribution in [3.8, 4) is 11.8 Å². The minimum absolute atomic E-state index is 0.186. The first-order chi connectivity index (χ1) is 9.60. The van der Waals surface area contributed by atoms with Crippen molar-refractivity contribution in [2.75, 3.05) is 33.4 Å². The van der Waals surface area contributed by atoms with Gasteiger partial charge in [-0.1, -0.05) is 11.8 Å². The summed E-state index contributed by atoms with van der Waals surface area (Å²) >= 11 is 0. The second kappa shape index (κ2) is 8.31. The Balaban J connectivity index is 2.92. The van der Waals surface area contributed by atoms with Gasteiger partial charge < -0.3 is 15.4 Å². The van der Waals surface area contributed by atoms with Crippen molar-refractivity contribution in [1.82, 2.24) is 4.90 Å². The lowest BCUT2D eigenvalue weighted by molar-refractivity contribution is 0.0709. The Labute approximate surface area is 118 Å². The zero-order chi connectivity index (χ0) is 15.0. The number of carbonyl (C=O) groups excluding carboxylic acids is 1. The molecule has 0 atom stereocenters. The number of carbonyl (C=O) groups is 1. The van der Waals surface area contributed by atoms with Crippen molar-refractivity contribution in [2.45, 2.75) is 6.92 Å². The molecule has 0 saturated heterocycles. The lowest BCUT2D eigenvalue weighted by Gasteiger charge is -2.18. The van der Waals surface area contributed by atoms with Crippen LogP contribution in [-0.4, -0.2) is 44.2 Å². The number of rotatable bonds is 5. The number of likely N-dealkylation sites (N-methyl/N-ethyl adjacent to an activating group) is 1. The van der Waals surface area contributed by atoms with Gasteiger partial charge >= 0.3 is 0 Å². The summed E-state index contributed by atoms with van der Waals surface area (Å²) in [6.07, 6.45) is 0. The summed E-state index contributed by atoms with van der Waals surface area (Å²) in [5.41, 5.74) is 6.03. The highest BCUT2D eigenvalue weighted by Crippen LogP contribution is 2.12. The topological polar surface area (TPSA) is 55.6 Å². The van der Waals surface area contributed by atoms with Crippen LogP contribution < -0.4 is 5.73 Å². The van der Waals surface area contributed by atoms with Crippen LogP contribution in [0, 0.1) is 17.7 Å². The second-order valence-corrected chi connectivity index (χ2v) is 4.12. The van der Waals surface area contributed by atoms with Gasteiger partial charge in [-0.25, -0.2) is 4.39 Å². The fraction of sp³-hybridized carbons (Fsp3) is 0.400. The SMILES string of the molecule is CCOCCN(C)C(=O)c1cc(F)ccc1C#CCN. The molecular weight excluding hydrogens is 259 g/mol. The number of nitrogens with zero attached hydrogens (tertiary/aromatic N) is 1. The van der Waals surface area contributed by atoms with Crippen molar-refractivity contribution in [2.24, 2.45) is 5.73 Å². The quantitative estimate of drug-likeness (QED) is 0.651. The number of nitrogens with two attached hydrogens (primary N) is 1. The molecule has 0 aliphatic carbocycles. The summed E-state index contributed by atoms with van der Waals surface area (Å²) in [5, 5.41) is 0. The molecule has 0 aliphatic heterocycles. The highest BCUT2D eigenvalue weighted by molar-refractivity contribution is 5.96. The van der Waals surface area contributed by atoms with Crippen LogP contribution >= 0.6 is 0 Å². The average Bonchev–Trinajstić information content (AvgIpc) is 2.45. The maximum atomic E-state index is 13.3. The summed E-state index contributed by atoms with van der Waals surface area (Å²) in [7, 11) is 1.65. The third-order valence-electron chi connectivity index (χ3n) is 2.66. The molecule has 0 bridgehead atoms. The van der Waals surface area contributed by atoms with E-state index >= 15 is 0 Å². The van der Waals surface area contributed by atoms with Crippen LogP contribution in [0.15, 0.2) is 18.2 Å². The highest BCUT2D eigenvalue weighted by atomic mass is 19.1. The van der Waals surface area contributed by atoms with Gasteiger partial charge in [-0.15, -0.1) is 0 Å². The molecule has 0 spiro atoms. The van der Waals surface area contributed by atoms with Gasteiger partial charge in [0.05, 0.1) is 18.7 Å². The maximum Gasteiger partial charge on any atom is 0.255 e. The average molecular weight is 278 g/mol. The number of benzene rings is 1. The van der Waals surface area contributed by atoms with Crippen LogP contribution in [0.2, 0.25) is 0 Å². The lowest BCUT2D eigenvalue weighted by Crippen LogP contribution is -2.30. The van der Waals surface area contributed by atoms with Gasteiger partial charge in [-0.05, 0) is 25.1 Å². The van der Waals surface area contributed by atoms with Crippen molar-refractivity contribution >= 4 is 5.91 Å². The Morgan fingerprint density at radius 2 is 2.25 bits per heavy atom. The highest BCUT2D eigenvalue weighted by Gasteiger charge is 2.15. The minimum atomic E-state index is -0.468. The van der Waals surface area contributed by atoms with E-state index in [-0.39, 0.29) is 18.0 Å². The first-order valence-electron chi connectivity index (χ1n) is 6.41. The lowest BCUT2D eigenvalue weighted by atomic mass is 10.1. The van der Waals surface area contributed by atoms with Gasteiger partial charge in [-0.3, -0.25) is 4.79 Å². The molecule has 0 aliphatic rings. The van der Waals surface area contributed by atoms with E-state index in [0.29, 0.717) is 25.3 Å². The van der Waals surface area contributed by atoms with Crippen molar-refractivity contribution in [3.63, 3.8) is 0 Å². The summed E-state index contributed by atoms with van der Waals surface area (Å²) in [5.74, 6) is 4.70.